The normalized spacial score (nSPS) is 11.3. The number of hydrogen-bond acceptors (Lipinski definition) is 4. The van der Waals surface area contributed by atoms with Crippen molar-refractivity contribution in [3.63, 3.8) is 0 Å². The van der Waals surface area contributed by atoms with E-state index in [1.54, 1.807) is 11.7 Å². The van der Waals surface area contributed by atoms with Crippen LogP contribution in [0.5, 0.6) is 5.75 Å². The molecule has 2 aromatic carbocycles. The van der Waals surface area contributed by atoms with Gasteiger partial charge in [0.2, 0.25) is 0 Å². The fourth-order valence-corrected chi connectivity index (χ4v) is 2.54. The van der Waals surface area contributed by atoms with Crippen molar-refractivity contribution in [3.05, 3.63) is 77.9 Å². The molecule has 27 heavy (non-hydrogen) atoms. The van der Waals surface area contributed by atoms with Gasteiger partial charge in [-0.25, -0.2) is 4.98 Å². The number of rotatable bonds is 7. The van der Waals surface area contributed by atoms with E-state index in [4.69, 9.17) is 4.74 Å². The van der Waals surface area contributed by atoms with Crippen LogP contribution in [-0.2, 0) is 26.7 Å². The second kappa shape index (κ2) is 9.38. The average Bonchev–Trinajstić information content (AvgIpc) is 3.12. The van der Waals surface area contributed by atoms with Gasteiger partial charge >= 0.3 is 0 Å². The Bertz CT molecular complexity index is 875. The van der Waals surface area contributed by atoms with Crippen LogP contribution in [-0.4, -0.2) is 27.8 Å². The number of nitrogens with zero attached hydrogens (tertiary/aromatic N) is 4. The molecule has 0 spiro atoms. The third-order valence-corrected chi connectivity index (χ3v) is 4.05. The Morgan fingerprint density at radius 2 is 1.81 bits per heavy atom. The van der Waals surface area contributed by atoms with E-state index in [1.165, 1.54) is 6.33 Å². The van der Waals surface area contributed by atoms with Gasteiger partial charge in [0.05, 0.1) is 6.54 Å². The maximum atomic E-state index is 5.88. The SMILES string of the molecule is CN=C(NCc1cccc(OCc2ccccc2)c1)NCc1ncnn1C. The summed E-state index contributed by atoms with van der Waals surface area (Å²) in [5.74, 6) is 2.39. The van der Waals surface area contributed by atoms with Crippen molar-refractivity contribution >= 4 is 5.96 Å². The highest BCUT2D eigenvalue weighted by Gasteiger charge is 2.04. The lowest BCUT2D eigenvalue weighted by Gasteiger charge is -2.12. The number of ether oxygens (including phenoxy) is 1. The molecule has 3 rings (SSSR count). The molecule has 1 aromatic heterocycles. The minimum atomic E-state index is 0.552. The lowest BCUT2D eigenvalue weighted by atomic mass is 10.2. The van der Waals surface area contributed by atoms with Gasteiger partial charge < -0.3 is 15.4 Å². The summed E-state index contributed by atoms with van der Waals surface area (Å²) < 4.78 is 7.61. The Morgan fingerprint density at radius 3 is 2.56 bits per heavy atom. The molecule has 0 amide bonds. The van der Waals surface area contributed by atoms with Crippen molar-refractivity contribution in [2.45, 2.75) is 19.7 Å². The van der Waals surface area contributed by atoms with Gasteiger partial charge in [0.1, 0.15) is 24.5 Å². The van der Waals surface area contributed by atoms with E-state index >= 15 is 0 Å². The number of aliphatic imine (C=N–C) groups is 1. The van der Waals surface area contributed by atoms with E-state index in [1.807, 2.05) is 43.4 Å². The zero-order chi connectivity index (χ0) is 18.9. The fourth-order valence-electron chi connectivity index (χ4n) is 2.54. The van der Waals surface area contributed by atoms with Crippen molar-refractivity contribution in [2.24, 2.45) is 12.0 Å². The molecule has 3 aromatic rings. The molecule has 0 aliphatic heterocycles. The first-order chi connectivity index (χ1) is 13.2. The van der Waals surface area contributed by atoms with Gasteiger partial charge in [-0.1, -0.05) is 42.5 Å². The predicted molar refractivity (Wildman–Crippen MR) is 105 cm³/mol. The second-order valence-electron chi connectivity index (χ2n) is 6.00. The summed E-state index contributed by atoms with van der Waals surface area (Å²) in [7, 11) is 3.60. The summed E-state index contributed by atoms with van der Waals surface area (Å²) in [6.07, 6.45) is 1.54. The molecular weight excluding hydrogens is 340 g/mol. The quantitative estimate of drug-likeness (QED) is 0.497. The van der Waals surface area contributed by atoms with Crippen LogP contribution in [0.4, 0.5) is 0 Å². The van der Waals surface area contributed by atoms with Gasteiger partial charge in [-0.3, -0.25) is 9.67 Å². The molecule has 140 valence electrons. The highest BCUT2D eigenvalue weighted by Crippen LogP contribution is 2.15. The number of nitrogens with one attached hydrogen (secondary N) is 2. The lowest BCUT2D eigenvalue weighted by Crippen LogP contribution is -2.36. The third kappa shape index (κ3) is 5.57. The molecule has 1 heterocycles. The molecule has 0 bridgehead atoms. The molecule has 7 nitrogen and oxygen atoms in total. The summed E-state index contributed by atoms with van der Waals surface area (Å²) in [4.78, 5) is 8.42. The largest absolute Gasteiger partial charge is 0.489 e. The number of hydrogen-bond donors (Lipinski definition) is 2. The lowest BCUT2D eigenvalue weighted by molar-refractivity contribution is 0.306. The van der Waals surface area contributed by atoms with Crippen LogP contribution in [0.25, 0.3) is 0 Å². The number of benzene rings is 2. The van der Waals surface area contributed by atoms with E-state index < -0.39 is 0 Å². The van der Waals surface area contributed by atoms with Gasteiger partial charge in [-0.05, 0) is 23.3 Å². The number of guanidine groups is 1. The molecule has 0 radical (unpaired) electrons. The number of aromatic nitrogens is 3. The van der Waals surface area contributed by atoms with Gasteiger partial charge in [-0.2, -0.15) is 5.10 Å². The topological polar surface area (TPSA) is 76.4 Å². The standard InChI is InChI=1S/C20H24N6O/c1-21-20(23-13-19-24-15-25-26(19)2)22-12-17-9-6-10-18(11-17)27-14-16-7-4-3-5-8-16/h3-11,15H,12-14H2,1-2H3,(H2,21,22,23). The molecule has 0 atom stereocenters. The minimum absolute atomic E-state index is 0.552. The van der Waals surface area contributed by atoms with Crippen LogP contribution in [0, 0.1) is 0 Å². The molecule has 0 saturated heterocycles. The first kappa shape index (κ1) is 18.4. The smallest absolute Gasteiger partial charge is 0.191 e. The minimum Gasteiger partial charge on any atom is -0.489 e. The van der Waals surface area contributed by atoms with E-state index in [-0.39, 0.29) is 0 Å². The fraction of sp³-hybridized carbons (Fsp3) is 0.250. The van der Waals surface area contributed by atoms with Crippen molar-refractivity contribution in [1.29, 1.82) is 0 Å². The first-order valence-corrected chi connectivity index (χ1v) is 8.77. The predicted octanol–water partition coefficient (Wildman–Crippen LogP) is 2.26. The summed E-state index contributed by atoms with van der Waals surface area (Å²) in [6.45, 7) is 1.75. The summed E-state index contributed by atoms with van der Waals surface area (Å²) >= 11 is 0. The zero-order valence-corrected chi connectivity index (χ0v) is 15.6. The third-order valence-electron chi connectivity index (χ3n) is 4.05. The van der Waals surface area contributed by atoms with Gasteiger partial charge in [-0.15, -0.1) is 0 Å². The zero-order valence-electron chi connectivity index (χ0n) is 15.6. The highest BCUT2D eigenvalue weighted by atomic mass is 16.5. The second-order valence-corrected chi connectivity index (χ2v) is 6.00. The molecule has 0 fully saturated rings. The Kier molecular flexibility index (Phi) is 6.40. The first-order valence-electron chi connectivity index (χ1n) is 8.77. The summed E-state index contributed by atoms with van der Waals surface area (Å²) in [5.41, 5.74) is 2.26. The maximum Gasteiger partial charge on any atom is 0.191 e. The molecular formula is C20H24N6O. The Labute approximate surface area is 159 Å². The molecule has 0 aliphatic carbocycles. The van der Waals surface area contributed by atoms with Crippen LogP contribution in [0.3, 0.4) is 0 Å². The van der Waals surface area contributed by atoms with Crippen molar-refractivity contribution in [2.75, 3.05) is 7.05 Å². The van der Waals surface area contributed by atoms with Crippen molar-refractivity contribution in [3.8, 4) is 5.75 Å². The number of aryl methyl sites for hydroxylation is 1. The van der Waals surface area contributed by atoms with Crippen LogP contribution in [0.15, 0.2) is 65.9 Å². The van der Waals surface area contributed by atoms with Crippen molar-refractivity contribution in [1.82, 2.24) is 25.4 Å². The molecule has 2 N–H and O–H groups in total. The van der Waals surface area contributed by atoms with Crippen LogP contribution < -0.4 is 15.4 Å². The summed E-state index contributed by atoms with van der Waals surface area (Å²) in [5, 5.41) is 10.6. The van der Waals surface area contributed by atoms with Gasteiger partial charge in [0, 0.05) is 20.6 Å². The van der Waals surface area contributed by atoms with E-state index in [0.29, 0.717) is 25.7 Å². The van der Waals surface area contributed by atoms with Gasteiger partial charge in [0.25, 0.3) is 0 Å². The van der Waals surface area contributed by atoms with E-state index in [0.717, 1.165) is 22.7 Å². The molecule has 0 unspecified atom stereocenters. The van der Waals surface area contributed by atoms with E-state index in [2.05, 4.69) is 43.9 Å². The van der Waals surface area contributed by atoms with Gasteiger partial charge in [0.15, 0.2) is 5.96 Å². The van der Waals surface area contributed by atoms with E-state index in [9.17, 15) is 0 Å². The van der Waals surface area contributed by atoms with Crippen LogP contribution in [0.1, 0.15) is 17.0 Å². The average molecular weight is 364 g/mol. The summed E-state index contributed by atoms with van der Waals surface area (Å²) in [6, 6.07) is 18.2. The van der Waals surface area contributed by atoms with Crippen LogP contribution >= 0.6 is 0 Å². The highest BCUT2D eigenvalue weighted by molar-refractivity contribution is 5.79. The Morgan fingerprint density at radius 1 is 1.04 bits per heavy atom. The monoisotopic (exact) mass is 364 g/mol. The molecule has 7 heteroatoms. The Hall–Kier alpha value is -3.35. The Balaban J connectivity index is 1.50. The van der Waals surface area contributed by atoms with Crippen molar-refractivity contribution < 1.29 is 4.74 Å². The molecule has 0 saturated carbocycles. The van der Waals surface area contributed by atoms with Crippen LogP contribution in [0.2, 0.25) is 0 Å². The maximum absolute atomic E-state index is 5.88. The molecule has 0 aliphatic rings.